The number of hydrogen-bond donors (Lipinski definition) is 1. The summed E-state index contributed by atoms with van der Waals surface area (Å²) in [4.78, 5) is 2.16. The Morgan fingerprint density at radius 1 is 1.04 bits per heavy atom. The number of nitrogens with zero attached hydrogens (tertiary/aromatic N) is 1. The van der Waals surface area contributed by atoms with Crippen LogP contribution in [0.15, 0.2) is 46.4 Å². The molecule has 0 amide bonds. The van der Waals surface area contributed by atoms with Crippen LogP contribution in [0.4, 0.5) is 5.69 Å². The van der Waals surface area contributed by atoms with Gasteiger partial charge in [0.2, 0.25) is 0 Å². The summed E-state index contributed by atoms with van der Waals surface area (Å²) in [5.41, 5.74) is 2.72. The predicted molar refractivity (Wildman–Crippen MR) is 110 cm³/mol. The second-order valence-electron chi connectivity index (χ2n) is 11.0. The van der Waals surface area contributed by atoms with E-state index in [1.165, 1.54) is 17.7 Å². The van der Waals surface area contributed by atoms with Crippen LogP contribution >= 0.6 is 0 Å². The van der Waals surface area contributed by atoms with E-state index in [4.69, 9.17) is 0 Å². The average Bonchev–Trinajstić information content (AvgIpc) is 2.99. The summed E-state index contributed by atoms with van der Waals surface area (Å²) in [6.45, 7) is 1.03. The molecule has 1 N–H and O–H groups in total. The van der Waals surface area contributed by atoms with Crippen molar-refractivity contribution in [1.82, 2.24) is 5.32 Å². The molecule has 0 fully saturated rings. The quantitative estimate of drug-likeness (QED) is 0.662. The van der Waals surface area contributed by atoms with E-state index < -0.39 is 14.0 Å². The molecule has 0 saturated heterocycles. The van der Waals surface area contributed by atoms with Crippen molar-refractivity contribution in [3.63, 3.8) is 0 Å². The number of rotatable bonds is 5. The molecule has 0 aliphatic heterocycles. The Morgan fingerprint density at radius 2 is 1.67 bits per heavy atom. The van der Waals surface area contributed by atoms with Crippen molar-refractivity contribution in [2.75, 3.05) is 32.6 Å². The number of likely N-dealkylation sites (N-methyl/N-ethyl adjacent to an activating group) is 1. The molecule has 0 aromatic heterocycles. The van der Waals surface area contributed by atoms with E-state index in [2.05, 4.69) is 92.9 Å². The third-order valence-corrected chi connectivity index (χ3v) is 10.1. The molecule has 1 aromatic carbocycles. The van der Waals surface area contributed by atoms with Crippen molar-refractivity contribution in [1.29, 1.82) is 0 Å². The molecule has 2 nitrogen and oxygen atoms in total. The molecule has 0 saturated carbocycles. The Hall–Kier alpha value is -0.826. The summed E-state index contributed by atoms with van der Waals surface area (Å²) < 4.78 is 1.70. The molecule has 0 spiro atoms. The van der Waals surface area contributed by atoms with Gasteiger partial charge in [-0.1, -0.05) is 18.2 Å². The Balaban J connectivity index is 0.000000243. The van der Waals surface area contributed by atoms with Gasteiger partial charge in [-0.2, -0.15) is 0 Å². The number of allylic oxidation sites excluding steroid dienone is 4. The molecule has 1 aliphatic rings. The zero-order chi connectivity index (χ0) is 18.5. The van der Waals surface area contributed by atoms with Crippen LogP contribution in [0.1, 0.15) is 12.0 Å². The number of anilines is 1. The van der Waals surface area contributed by atoms with E-state index in [-0.39, 0.29) is 0 Å². The number of para-hydroxylation sites is 1. The van der Waals surface area contributed by atoms with Gasteiger partial charge in [0.1, 0.15) is 0 Å². The van der Waals surface area contributed by atoms with Gasteiger partial charge in [-0.15, -0.1) is 0 Å². The van der Waals surface area contributed by atoms with Crippen LogP contribution in [0.2, 0.25) is 26.1 Å². The first-order chi connectivity index (χ1) is 10.8. The van der Waals surface area contributed by atoms with Crippen molar-refractivity contribution >= 4 is 5.69 Å². The van der Waals surface area contributed by atoms with Crippen molar-refractivity contribution in [3.8, 4) is 0 Å². The first-order valence-corrected chi connectivity index (χ1v) is 17.7. The van der Waals surface area contributed by atoms with Crippen LogP contribution in [0, 0.1) is 0 Å². The summed E-state index contributed by atoms with van der Waals surface area (Å²) in [6, 6.07) is 8.52. The molecule has 0 bridgehead atoms. The second-order valence-corrected chi connectivity index (χ2v) is 31.5. The third kappa shape index (κ3) is 6.97. The SMILES string of the molecule is CNCCc1ccccc1N(C)C.[CH3][Ti]([CH3])([CH3])([CH3])([CH3])[C]1=CC=CC1. The summed E-state index contributed by atoms with van der Waals surface area (Å²) in [5.74, 6) is 0. The zero-order valence-corrected chi connectivity index (χ0v) is 18.7. The Morgan fingerprint density at radius 3 is 2.08 bits per heavy atom. The Kier molecular flexibility index (Phi) is 6.36. The molecule has 3 heteroatoms. The van der Waals surface area contributed by atoms with Gasteiger partial charge in [-0.25, -0.2) is 0 Å². The normalized spacial score (nSPS) is 16.6. The summed E-state index contributed by atoms with van der Waals surface area (Å²) in [5, 5.41) is 15.6. The molecule has 0 radical (unpaired) electrons. The van der Waals surface area contributed by atoms with Crippen molar-refractivity contribution < 1.29 is 14.0 Å². The molecule has 136 valence electrons. The minimum atomic E-state index is -2.61. The first-order valence-electron chi connectivity index (χ1n) is 9.12. The summed E-state index contributed by atoms with van der Waals surface area (Å²) in [7, 11) is 6.15. The third-order valence-electron chi connectivity index (χ3n) is 4.49. The topological polar surface area (TPSA) is 15.3 Å². The van der Waals surface area contributed by atoms with Gasteiger partial charge in [0.05, 0.1) is 0 Å². The van der Waals surface area contributed by atoms with Crippen molar-refractivity contribution in [2.45, 2.75) is 39.0 Å². The van der Waals surface area contributed by atoms with Gasteiger partial charge in [0.15, 0.2) is 0 Å². The van der Waals surface area contributed by atoms with Crippen molar-refractivity contribution in [2.24, 2.45) is 0 Å². The molecule has 0 atom stereocenters. The second kappa shape index (κ2) is 7.19. The van der Waals surface area contributed by atoms with Crippen molar-refractivity contribution in [3.05, 3.63) is 51.9 Å². The average molecular weight is 366 g/mol. The molecule has 2 rings (SSSR count). The maximum absolute atomic E-state index is 3.16. The molecule has 1 aromatic rings. The van der Waals surface area contributed by atoms with Crippen LogP contribution in [-0.4, -0.2) is 27.7 Å². The van der Waals surface area contributed by atoms with Crippen LogP contribution in [0.3, 0.4) is 0 Å². The van der Waals surface area contributed by atoms with Crippen LogP contribution in [-0.2, 0) is 20.4 Å². The van der Waals surface area contributed by atoms with Crippen LogP contribution < -0.4 is 10.2 Å². The molecule has 1 aliphatic carbocycles. The minimum absolute atomic E-state index is 1.03. The number of benzene rings is 1. The van der Waals surface area contributed by atoms with Gasteiger partial charge in [0.25, 0.3) is 0 Å². The van der Waals surface area contributed by atoms with E-state index in [0.29, 0.717) is 0 Å². The molecule has 0 heterocycles. The standard InChI is InChI=1S/C11H18N2.C5H5.5CH3.Ti/c1-12-9-8-10-6-4-5-7-11(10)13(2)3;1-2-4-5-3-1;;;;;;/h4-7,12H,8-9H2,1-3H3;1-3H,4H2;5*1H3;. The maximum atomic E-state index is 3.16. The van der Waals surface area contributed by atoms with Gasteiger partial charge in [0, 0.05) is 19.8 Å². The fourth-order valence-electron chi connectivity index (χ4n) is 2.79. The Labute approximate surface area is 148 Å². The monoisotopic (exact) mass is 366 g/mol. The van der Waals surface area contributed by atoms with Gasteiger partial charge in [-0.05, 0) is 31.6 Å². The van der Waals surface area contributed by atoms with Gasteiger partial charge < -0.3 is 10.2 Å². The van der Waals surface area contributed by atoms with Crippen LogP contribution in [0.5, 0.6) is 0 Å². The van der Waals surface area contributed by atoms with E-state index in [1.54, 1.807) is 3.88 Å². The van der Waals surface area contributed by atoms with E-state index in [9.17, 15) is 0 Å². The summed E-state index contributed by atoms with van der Waals surface area (Å²) >= 11 is -2.61. The first kappa shape index (κ1) is 21.2. The summed E-state index contributed by atoms with van der Waals surface area (Å²) in [6.07, 6.45) is 9.07. The van der Waals surface area contributed by atoms with E-state index >= 15 is 0 Å². The molecular weight excluding hydrogens is 328 g/mol. The van der Waals surface area contributed by atoms with E-state index in [1.807, 2.05) is 7.05 Å². The number of nitrogens with one attached hydrogen (secondary N) is 1. The fraction of sp³-hybridized carbons (Fsp3) is 0.524. The molecular formula is C21H38N2Ti. The van der Waals surface area contributed by atoms with Gasteiger partial charge >= 0.3 is 68.7 Å². The van der Waals surface area contributed by atoms with Gasteiger partial charge in [-0.3, -0.25) is 0 Å². The van der Waals surface area contributed by atoms with Crippen LogP contribution in [0.25, 0.3) is 0 Å². The number of hydrogen-bond acceptors (Lipinski definition) is 2. The van der Waals surface area contributed by atoms with E-state index in [0.717, 1.165) is 13.0 Å². The molecule has 0 unspecified atom stereocenters. The molecule has 24 heavy (non-hydrogen) atoms. The zero-order valence-electron chi connectivity index (χ0n) is 17.1. The fourth-order valence-corrected chi connectivity index (χ4v) is 6.02. The Bertz CT molecular complexity index is 604. The predicted octanol–water partition coefficient (Wildman–Crippen LogP) is 5.81.